The zero-order valence-corrected chi connectivity index (χ0v) is 17.2. The van der Waals surface area contributed by atoms with Gasteiger partial charge in [0, 0.05) is 48.3 Å². The number of nitrogens with zero attached hydrogens (tertiary/aromatic N) is 3. The molecule has 2 heterocycles. The molecule has 5 nitrogen and oxygen atoms in total. The second-order valence-corrected chi connectivity index (χ2v) is 9.28. The first kappa shape index (κ1) is 18.4. The molecule has 0 bridgehead atoms. The number of aromatic nitrogens is 1. The second kappa shape index (κ2) is 6.89. The molecular weight excluding hydrogens is 378 g/mol. The van der Waals surface area contributed by atoms with E-state index in [-0.39, 0.29) is 4.90 Å². The number of anilines is 1. The quantitative estimate of drug-likeness (QED) is 0.685. The number of thiol groups is 1. The van der Waals surface area contributed by atoms with E-state index >= 15 is 0 Å². The van der Waals surface area contributed by atoms with Crippen molar-refractivity contribution in [2.45, 2.75) is 16.7 Å². The Hall–Kier alpha value is -1.96. The maximum Gasteiger partial charge on any atom is 0.268 e. The summed E-state index contributed by atoms with van der Waals surface area (Å²) in [5.74, 6) is 0. The average molecular weight is 402 g/mol. The van der Waals surface area contributed by atoms with Crippen molar-refractivity contribution in [1.29, 1.82) is 0 Å². The summed E-state index contributed by atoms with van der Waals surface area (Å²) < 4.78 is 28.0. The van der Waals surface area contributed by atoms with Crippen LogP contribution in [0, 0.1) is 6.92 Å². The molecule has 0 atom stereocenters. The van der Waals surface area contributed by atoms with Crippen molar-refractivity contribution >= 4 is 39.2 Å². The van der Waals surface area contributed by atoms with Crippen molar-refractivity contribution in [2.24, 2.45) is 0 Å². The van der Waals surface area contributed by atoms with Gasteiger partial charge in [-0.2, -0.15) is 0 Å². The van der Waals surface area contributed by atoms with E-state index in [0.717, 1.165) is 37.3 Å². The van der Waals surface area contributed by atoms with Crippen LogP contribution in [0.15, 0.2) is 58.5 Å². The van der Waals surface area contributed by atoms with Crippen LogP contribution in [-0.4, -0.2) is 50.5 Å². The van der Waals surface area contributed by atoms with E-state index < -0.39 is 10.0 Å². The Bertz CT molecular complexity index is 1100. The fraction of sp³-hybridized carbons (Fsp3) is 0.300. The molecule has 27 heavy (non-hydrogen) atoms. The third kappa shape index (κ3) is 3.13. The van der Waals surface area contributed by atoms with E-state index in [4.69, 9.17) is 0 Å². The van der Waals surface area contributed by atoms with E-state index in [9.17, 15) is 8.42 Å². The van der Waals surface area contributed by atoms with Crippen molar-refractivity contribution in [3.63, 3.8) is 0 Å². The highest BCUT2D eigenvalue weighted by molar-refractivity contribution is 7.90. The minimum absolute atomic E-state index is 0.289. The molecule has 0 aliphatic carbocycles. The summed E-state index contributed by atoms with van der Waals surface area (Å²) in [7, 11) is -1.57. The minimum atomic E-state index is -3.69. The summed E-state index contributed by atoms with van der Waals surface area (Å²) in [5, 5.41) is 0.963. The first-order valence-electron chi connectivity index (χ1n) is 8.97. The molecule has 1 aliphatic rings. The van der Waals surface area contributed by atoms with Crippen LogP contribution in [0.3, 0.4) is 0 Å². The van der Waals surface area contributed by atoms with Crippen LogP contribution in [-0.2, 0) is 10.0 Å². The Morgan fingerprint density at radius 2 is 1.67 bits per heavy atom. The first-order chi connectivity index (χ1) is 12.9. The Labute approximate surface area is 165 Å². The number of benzene rings is 2. The highest BCUT2D eigenvalue weighted by Crippen LogP contribution is 2.32. The fourth-order valence-corrected chi connectivity index (χ4v) is 5.53. The smallest absolute Gasteiger partial charge is 0.268 e. The number of rotatable bonds is 3. The second-order valence-electron chi connectivity index (χ2n) is 7.02. The van der Waals surface area contributed by atoms with Gasteiger partial charge in [0.15, 0.2) is 0 Å². The van der Waals surface area contributed by atoms with Crippen LogP contribution in [0.25, 0.3) is 10.9 Å². The number of likely N-dealkylation sites (N-methyl/N-ethyl adjacent to an activating group) is 1. The van der Waals surface area contributed by atoms with Gasteiger partial charge >= 0.3 is 0 Å². The van der Waals surface area contributed by atoms with Gasteiger partial charge in [0.1, 0.15) is 0 Å². The van der Waals surface area contributed by atoms with Crippen LogP contribution >= 0.6 is 12.6 Å². The Morgan fingerprint density at radius 1 is 0.963 bits per heavy atom. The summed E-state index contributed by atoms with van der Waals surface area (Å²) in [6.45, 7) is 5.67. The molecule has 0 amide bonds. The van der Waals surface area contributed by atoms with E-state index in [1.807, 2.05) is 18.2 Å². The maximum atomic E-state index is 13.3. The van der Waals surface area contributed by atoms with Gasteiger partial charge in [-0.05, 0) is 49.9 Å². The van der Waals surface area contributed by atoms with Crippen LogP contribution in [0.1, 0.15) is 5.56 Å². The van der Waals surface area contributed by atoms with Gasteiger partial charge in [-0.15, -0.1) is 12.6 Å². The summed E-state index contributed by atoms with van der Waals surface area (Å²) in [6.07, 6.45) is 1.66. The summed E-state index contributed by atoms with van der Waals surface area (Å²) in [6, 6.07) is 12.9. The van der Waals surface area contributed by atoms with Gasteiger partial charge in [0.25, 0.3) is 10.0 Å². The van der Waals surface area contributed by atoms with Crippen LogP contribution in [0.2, 0.25) is 0 Å². The summed E-state index contributed by atoms with van der Waals surface area (Å²) >= 11 is 4.38. The number of hydrogen-bond donors (Lipinski definition) is 1. The lowest BCUT2D eigenvalue weighted by atomic mass is 10.2. The lowest BCUT2D eigenvalue weighted by molar-refractivity contribution is 0.313. The minimum Gasteiger partial charge on any atom is -0.368 e. The molecule has 0 N–H and O–H groups in total. The van der Waals surface area contributed by atoms with Crippen molar-refractivity contribution in [3.05, 3.63) is 54.2 Å². The monoisotopic (exact) mass is 401 g/mol. The van der Waals surface area contributed by atoms with Gasteiger partial charge in [-0.25, -0.2) is 12.4 Å². The van der Waals surface area contributed by atoms with E-state index in [2.05, 4.69) is 35.5 Å². The number of fused-ring (bicyclic) bond motifs is 1. The predicted molar refractivity (Wildman–Crippen MR) is 113 cm³/mol. The topological polar surface area (TPSA) is 45.6 Å². The fourth-order valence-electron chi connectivity index (χ4n) is 3.65. The maximum absolute atomic E-state index is 13.3. The van der Waals surface area contributed by atoms with E-state index in [1.165, 1.54) is 3.97 Å². The van der Waals surface area contributed by atoms with Crippen LogP contribution < -0.4 is 4.90 Å². The van der Waals surface area contributed by atoms with Crippen molar-refractivity contribution in [1.82, 2.24) is 8.87 Å². The molecule has 1 aliphatic heterocycles. The van der Waals surface area contributed by atoms with Crippen molar-refractivity contribution in [2.75, 3.05) is 38.1 Å². The molecule has 7 heteroatoms. The predicted octanol–water partition coefficient (Wildman–Crippen LogP) is 3.23. The Kier molecular flexibility index (Phi) is 4.70. The third-order valence-electron chi connectivity index (χ3n) is 5.31. The van der Waals surface area contributed by atoms with Crippen molar-refractivity contribution < 1.29 is 8.42 Å². The summed E-state index contributed by atoms with van der Waals surface area (Å²) in [4.78, 5) is 5.60. The molecule has 0 saturated carbocycles. The molecule has 0 unspecified atom stereocenters. The Balaban J connectivity index is 1.82. The van der Waals surface area contributed by atoms with Gasteiger partial charge in [-0.1, -0.05) is 12.1 Å². The largest absolute Gasteiger partial charge is 0.368 e. The van der Waals surface area contributed by atoms with Crippen LogP contribution in [0.5, 0.6) is 0 Å². The molecule has 1 aromatic heterocycles. The zero-order valence-electron chi connectivity index (χ0n) is 15.5. The van der Waals surface area contributed by atoms with Crippen LogP contribution in [0.4, 0.5) is 5.69 Å². The molecule has 1 fully saturated rings. The highest BCUT2D eigenvalue weighted by Gasteiger charge is 2.24. The standard InChI is InChI=1S/C20H23N3O2S2/c1-15-19(26)7-4-8-20(15)27(24,25)23-10-9-16-17(5-3-6-18(16)23)22-13-11-21(2)12-14-22/h3-10,26H,11-14H2,1-2H3. The number of piperazine rings is 1. The van der Waals surface area contributed by atoms with Gasteiger partial charge in [0.2, 0.25) is 0 Å². The normalized spacial score (nSPS) is 16.2. The molecule has 1 saturated heterocycles. The molecule has 2 aromatic carbocycles. The molecule has 0 radical (unpaired) electrons. The lowest BCUT2D eigenvalue weighted by Crippen LogP contribution is -2.44. The average Bonchev–Trinajstić information content (AvgIpc) is 3.09. The Morgan fingerprint density at radius 3 is 2.41 bits per heavy atom. The van der Waals surface area contributed by atoms with Gasteiger partial charge in [-0.3, -0.25) is 0 Å². The third-order valence-corrected chi connectivity index (χ3v) is 7.63. The van der Waals surface area contributed by atoms with Gasteiger partial charge in [0.05, 0.1) is 10.4 Å². The lowest BCUT2D eigenvalue weighted by Gasteiger charge is -2.34. The zero-order chi connectivity index (χ0) is 19.2. The summed E-state index contributed by atoms with van der Waals surface area (Å²) in [5.41, 5.74) is 2.46. The molecule has 0 spiro atoms. The van der Waals surface area contributed by atoms with E-state index in [0.29, 0.717) is 16.0 Å². The highest BCUT2D eigenvalue weighted by atomic mass is 32.2. The number of hydrogen-bond acceptors (Lipinski definition) is 5. The molecule has 4 rings (SSSR count). The SMILES string of the molecule is Cc1c(S)cccc1S(=O)(=O)n1ccc2c(N3CCN(C)CC3)cccc21. The molecule has 142 valence electrons. The molecular formula is C20H23N3O2S2. The molecule has 3 aromatic rings. The van der Waals surface area contributed by atoms with Gasteiger partial charge < -0.3 is 9.80 Å². The first-order valence-corrected chi connectivity index (χ1v) is 10.9. The van der Waals surface area contributed by atoms with Crippen molar-refractivity contribution in [3.8, 4) is 0 Å². The van der Waals surface area contributed by atoms with E-state index in [1.54, 1.807) is 31.3 Å².